The molecule has 3 aromatic rings. The molecule has 0 atom stereocenters. The van der Waals surface area contributed by atoms with Crippen LogP contribution in [0.5, 0.6) is 5.75 Å². The Morgan fingerprint density at radius 1 is 1.23 bits per heavy atom. The van der Waals surface area contributed by atoms with Crippen molar-refractivity contribution in [2.45, 2.75) is 20.5 Å². The van der Waals surface area contributed by atoms with E-state index < -0.39 is 17.2 Å². The first kappa shape index (κ1) is 18.0. The van der Waals surface area contributed by atoms with Crippen LogP contribution in [0.1, 0.15) is 17.0 Å². The average molecular weight is 378 g/mol. The molecule has 0 amide bonds. The van der Waals surface area contributed by atoms with Crippen molar-refractivity contribution in [3.8, 4) is 11.4 Å². The number of nitrogens with zero attached hydrogens (tertiary/aromatic N) is 3. The summed E-state index contributed by atoms with van der Waals surface area (Å²) < 4.78 is 33.5. The van der Waals surface area contributed by atoms with Crippen molar-refractivity contribution in [1.29, 1.82) is 0 Å². The molecule has 3 heterocycles. The molecule has 0 saturated carbocycles. The maximum absolute atomic E-state index is 13.7. The number of rotatable bonds is 4. The number of hydrogen-bond donors (Lipinski definition) is 0. The van der Waals surface area contributed by atoms with Gasteiger partial charge in [0, 0.05) is 30.2 Å². The Morgan fingerprint density at radius 3 is 2.69 bits per heavy atom. The molecule has 0 aliphatic carbocycles. The minimum atomic E-state index is -0.835. The summed E-state index contributed by atoms with van der Waals surface area (Å²) in [7, 11) is 0. The highest BCUT2D eigenvalue weighted by Crippen LogP contribution is 2.25. The molecule has 0 saturated heterocycles. The quantitative estimate of drug-likeness (QED) is 0.694. The fraction of sp³-hybridized carbons (Fsp3) is 0.167. The second-order valence-corrected chi connectivity index (χ2v) is 6.02. The van der Waals surface area contributed by atoms with Gasteiger partial charge in [-0.05, 0) is 25.5 Å². The lowest BCUT2D eigenvalue weighted by atomic mass is 10.2. The zero-order valence-electron chi connectivity index (χ0n) is 14.0. The number of pyridine rings is 3. The van der Waals surface area contributed by atoms with Crippen molar-refractivity contribution >= 4 is 11.6 Å². The smallest absolute Gasteiger partial charge is 0.277 e. The molecule has 3 rings (SSSR count). The Bertz CT molecular complexity index is 1040. The average Bonchev–Trinajstić information content (AvgIpc) is 2.60. The van der Waals surface area contributed by atoms with Crippen molar-refractivity contribution in [3.05, 3.63) is 80.8 Å². The molecule has 134 valence electrons. The second kappa shape index (κ2) is 7.21. The van der Waals surface area contributed by atoms with Crippen molar-refractivity contribution in [2.24, 2.45) is 0 Å². The summed E-state index contributed by atoms with van der Waals surface area (Å²) in [5, 5.41) is -0.144. The van der Waals surface area contributed by atoms with E-state index in [1.54, 1.807) is 31.5 Å². The summed E-state index contributed by atoms with van der Waals surface area (Å²) in [5.41, 5.74) is 1.48. The van der Waals surface area contributed by atoms with E-state index in [1.807, 2.05) is 6.92 Å². The molecule has 0 bridgehead atoms. The summed E-state index contributed by atoms with van der Waals surface area (Å²) in [5.74, 6) is -1.52. The Hall–Kier alpha value is -2.80. The highest BCUT2D eigenvalue weighted by molar-refractivity contribution is 6.31. The van der Waals surface area contributed by atoms with E-state index in [-0.39, 0.29) is 23.1 Å². The maximum atomic E-state index is 13.7. The van der Waals surface area contributed by atoms with E-state index in [9.17, 15) is 13.6 Å². The van der Waals surface area contributed by atoms with Crippen molar-refractivity contribution in [2.75, 3.05) is 0 Å². The van der Waals surface area contributed by atoms with Crippen LogP contribution in [0.25, 0.3) is 5.69 Å². The fourth-order valence-corrected chi connectivity index (χ4v) is 2.69. The Labute approximate surface area is 152 Å². The topological polar surface area (TPSA) is 57.0 Å². The zero-order valence-corrected chi connectivity index (χ0v) is 14.7. The number of hydrogen-bond acceptors (Lipinski definition) is 4. The van der Waals surface area contributed by atoms with Crippen LogP contribution in [-0.4, -0.2) is 14.5 Å². The number of aromatic nitrogens is 3. The maximum Gasteiger partial charge on any atom is 0.277 e. The van der Waals surface area contributed by atoms with E-state index in [0.717, 1.165) is 11.8 Å². The molecule has 0 aliphatic heterocycles. The van der Waals surface area contributed by atoms with Gasteiger partial charge in [0.1, 0.15) is 28.9 Å². The summed E-state index contributed by atoms with van der Waals surface area (Å²) in [6.45, 7) is 3.26. The fourth-order valence-electron chi connectivity index (χ4n) is 2.50. The van der Waals surface area contributed by atoms with Crippen molar-refractivity contribution in [1.82, 2.24) is 14.5 Å². The number of ether oxygens (including phenoxy) is 1. The first-order valence-electron chi connectivity index (χ1n) is 7.64. The van der Waals surface area contributed by atoms with Crippen LogP contribution in [0.4, 0.5) is 8.78 Å². The van der Waals surface area contributed by atoms with Crippen LogP contribution in [0, 0.1) is 25.5 Å². The zero-order chi connectivity index (χ0) is 18.8. The van der Waals surface area contributed by atoms with Crippen LogP contribution in [0.3, 0.4) is 0 Å². The SMILES string of the molecule is Cc1cnccc1-n1c(C)cc(OCc2ncc(F)cc2F)c(Cl)c1=O. The van der Waals surface area contributed by atoms with E-state index in [2.05, 4.69) is 9.97 Å². The molecular formula is C18H14ClF2N3O2. The Morgan fingerprint density at radius 2 is 2.00 bits per heavy atom. The van der Waals surface area contributed by atoms with Gasteiger partial charge in [0.15, 0.2) is 5.82 Å². The molecule has 0 unspecified atom stereocenters. The third-order valence-electron chi connectivity index (χ3n) is 3.78. The monoisotopic (exact) mass is 377 g/mol. The summed E-state index contributed by atoms with van der Waals surface area (Å²) in [6.07, 6.45) is 4.11. The van der Waals surface area contributed by atoms with E-state index >= 15 is 0 Å². The Balaban J connectivity index is 1.96. The Kier molecular flexibility index (Phi) is 4.99. The molecule has 0 aliphatic rings. The lowest BCUT2D eigenvalue weighted by Gasteiger charge is -2.15. The number of aryl methyl sites for hydroxylation is 2. The highest BCUT2D eigenvalue weighted by Gasteiger charge is 2.16. The number of halogens is 3. The van der Waals surface area contributed by atoms with Gasteiger partial charge in [-0.25, -0.2) is 8.78 Å². The van der Waals surface area contributed by atoms with E-state index in [4.69, 9.17) is 16.3 Å². The van der Waals surface area contributed by atoms with Gasteiger partial charge in [0.25, 0.3) is 5.56 Å². The normalized spacial score (nSPS) is 10.8. The van der Waals surface area contributed by atoms with Crippen LogP contribution in [0.15, 0.2) is 41.6 Å². The van der Waals surface area contributed by atoms with E-state index in [1.165, 1.54) is 4.57 Å². The standard InChI is InChI=1S/C18H14ClF2N3O2/c1-10-7-22-4-3-15(10)24-11(2)5-16(17(19)18(24)25)26-9-14-13(21)6-12(20)8-23-14/h3-8H,9H2,1-2H3. The highest BCUT2D eigenvalue weighted by atomic mass is 35.5. The minimum Gasteiger partial charge on any atom is -0.485 e. The van der Waals surface area contributed by atoms with Gasteiger partial charge in [-0.2, -0.15) is 0 Å². The van der Waals surface area contributed by atoms with Crippen LogP contribution < -0.4 is 10.3 Å². The predicted molar refractivity (Wildman–Crippen MR) is 92.8 cm³/mol. The molecule has 0 aromatic carbocycles. The molecule has 0 fully saturated rings. The molecule has 0 spiro atoms. The molecule has 5 nitrogen and oxygen atoms in total. The van der Waals surface area contributed by atoms with Gasteiger partial charge in [0.2, 0.25) is 0 Å². The van der Waals surface area contributed by atoms with Crippen LogP contribution in [-0.2, 0) is 6.61 Å². The predicted octanol–water partition coefficient (Wildman–Crippen LogP) is 3.75. The lowest BCUT2D eigenvalue weighted by molar-refractivity contribution is 0.292. The third-order valence-corrected chi connectivity index (χ3v) is 4.13. The minimum absolute atomic E-state index is 0.0886. The van der Waals surface area contributed by atoms with Gasteiger partial charge in [-0.15, -0.1) is 0 Å². The summed E-state index contributed by atoms with van der Waals surface area (Å²) in [4.78, 5) is 20.3. The third kappa shape index (κ3) is 3.43. The molecular weight excluding hydrogens is 364 g/mol. The summed E-state index contributed by atoms with van der Waals surface area (Å²) in [6, 6.07) is 3.99. The molecule has 3 aromatic heterocycles. The van der Waals surface area contributed by atoms with Gasteiger partial charge >= 0.3 is 0 Å². The van der Waals surface area contributed by atoms with Crippen LogP contribution in [0.2, 0.25) is 5.02 Å². The molecule has 0 N–H and O–H groups in total. The van der Waals surface area contributed by atoms with Gasteiger partial charge in [0.05, 0.1) is 11.9 Å². The van der Waals surface area contributed by atoms with E-state index in [0.29, 0.717) is 17.4 Å². The molecule has 0 radical (unpaired) electrons. The second-order valence-electron chi connectivity index (χ2n) is 5.64. The molecule has 8 heteroatoms. The largest absolute Gasteiger partial charge is 0.485 e. The van der Waals surface area contributed by atoms with Crippen molar-refractivity contribution in [3.63, 3.8) is 0 Å². The first-order valence-corrected chi connectivity index (χ1v) is 8.02. The molecule has 26 heavy (non-hydrogen) atoms. The van der Waals surface area contributed by atoms with Gasteiger partial charge < -0.3 is 4.74 Å². The van der Waals surface area contributed by atoms with Gasteiger partial charge in [-0.3, -0.25) is 19.3 Å². The lowest BCUT2D eigenvalue weighted by Crippen LogP contribution is -2.22. The first-order chi connectivity index (χ1) is 12.4. The van der Waals surface area contributed by atoms with Crippen molar-refractivity contribution < 1.29 is 13.5 Å². The van der Waals surface area contributed by atoms with Crippen LogP contribution >= 0.6 is 11.6 Å². The van der Waals surface area contributed by atoms with Gasteiger partial charge in [-0.1, -0.05) is 11.6 Å². The summed E-state index contributed by atoms with van der Waals surface area (Å²) >= 11 is 6.16.